The van der Waals surface area contributed by atoms with Crippen molar-refractivity contribution in [2.24, 2.45) is 4.99 Å². The van der Waals surface area contributed by atoms with E-state index in [0.717, 1.165) is 38.5 Å². The number of hydrogen-bond acceptors (Lipinski definition) is 3. The molecule has 1 aliphatic heterocycles. The molecule has 0 radical (unpaired) electrons. The van der Waals surface area contributed by atoms with Crippen molar-refractivity contribution >= 4 is 29.9 Å². The zero-order valence-corrected chi connectivity index (χ0v) is 16.6. The van der Waals surface area contributed by atoms with E-state index in [0.29, 0.717) is 12.1 Å². The second kappa shape index (κ2) is 10.8. The number of hydrogen-bond donors (Lipinski definition) is 2. The Morgan fingerprint density at radius 3 is 2.61 bits per heavy atom. The fourth-order valence-electron chi connectivity index (χ4n) is 2.70. The number of benzene rings is 1. The average Bonchev–Trinajstić information content (AvgIpc) is 3.04. The minimum Gasteiger partial charge on any atom is -0.376 e. The highest BCUT2D eigenvalue weighted by atomic mass is 127. The average molecular weight is 432 g/mol. The summed E-state index contributed by atoms with van der Waals surface area (Å²) in [7, 11) is 6.00. The molecule has 2 atom stereocenters. The minimum atomic E-state index is 0. The Bertz CT molecular complexity index is 461. The third-order valence-electron chi connectivity index (χ3n) is 4.02. The number of nitrogens with one attached hydrogen (secondary N) is 2. The van der Waals surface area contributed by atoms with Crippen LogP contribution in [0.5, 0.6) is 0 Å². The first-order valence-electron chi connectivity index (χ1n) is 7.98. The highest BCUT2D eigenvalue weighted by molar-refractivity contribution is 14.0. The molecule has 2 rings (SSSR count). The van der Waals surface area contributed by atoms with Crippen molar-refractivity contribution < 1.29 is 4.74 Å². The quantitative estimate of drug-likeness (QED) is 0.412. The first-order valence-corrected chi connectivity index (χ1v) is 7.98. The van der Waals surface area contributed by atoms with Gasteiger partial charge in [-0.1, -0.05) is 30.3 Å². The van der Waals surface area contributed by atoms with E-state index in [2.05, 4.69) is 58.9 Å². The Morgan fingerprint density at radius 1 is 1.30 bits per heavy atom. The van der Waals surface area contributed by atoms with Gasteiger partial charge >= 0.3 is 0 Å². The van der Waals surface area contributed by atoms with Crippen LogP contribution in [0.3, 0.4) is 0 Å². The molecule has 0 amide bonds. The molecule has 130 valence electrons. The SMILES string of the molecule is CN=C(NCC1CCCO1)NCC(c1ccccc1)N(C)C.I. The van der Waals surface area contributed by atoms with E-state index in [-0.39, 0.29) is 24.0 Å². The minimum absolute atomic E-state index is 0. The number of aliphatic imine (C=N–C) groups is 1. The summed E-state index contributed by atoms with van der Waals surface area (Å²) in [4.78, 5) is 6.51. The molecule has 1 fully saturated rings. The van der Waals surface area contributed by atoms with Crippen LogP contribution in [0.4, 0.5) is 0 Å². The molecule has 0 spiro atoms. The van der Waals surface area contributed by atoms with Crippen molar-refractivity contribution in [3.8, 4) is 0 Å². The molecule has 1 aromatic rings. The molecule has 0 aromatic heterocycles. The second-order valence-electron chi connectivity index (χ2n) is 5.86. The molecule has 1 aromatic carbocycles. The van der Waals surface area contributed by atoms with Crippen molar-refractivity contribution in [3.63, 3.8) is 0 Å². The molecule has 2 unspecified atom stereocenters. The lowest BCUT2D eigenvalue weighted by molar-refractivity contribution is 0.113. The van der Waals surface area contributed by atoms with E-state index in [1.165, 1.54) is 5.56 Å². The lowest BCUT2D eigenvalue weighted by Gasteiger charge is -2.26. The van der Waals surface area contributed by atoms with Gasteiger partial charge in [0.2, 0.25) is 0 Å². The second-order valence-corrected chi connectivity index (χ2v) is 5.86. The number of halogens is 1. The van der Waals surface area contributed by atoms with Crippen LogP contribution in [-0.4, -0.2) is 57.8 Å². The fraction of sp³-hybridized carbons (Fsp3) is 0.588. The van der Waals surface area contributed by atoms with Gasteiger partial charge in [0.25, 0.3) is 0 Å². The van der Waals surface area contributed by atoms with Gasteiger partial charge in [0.1, 0.15) is 0 Å². The van der Waals surface area contributed by atoms with Gasteiger partial charge in [-0.3, -0.25) is 4.99 Å². The molecule has 6 heteroatoms. The molecule has 1 saturated heterocycles. The van der Waals surface area contributed by atoms with Crippen LogP contribution >= 0.6 is 24.0 Å². The van der Waals surface area contributed by atoms with Crippen molar-refractivity contribution in [2.75, 3.05) is 40.8 Å². The first-order chi connectivity index (χ1) is 10.7. The van der Waals surface area contributed by atoms with E-state index >= 15 is 0 Å². The van der Waals surface area contributed by atoms with E-state index in [9.17, 15) is 0 Å². The zero-order valence-electron chi connectivity index (χ0n) is 14.3. The maximum absolute atomic E-state index is 5.63. The molecule has 0 bridgehead atoms. The van der Waals surface area contributed by atoms with Crippen molar-refractivity contribution in [2.45, 2.75) is 25.0 Å². The topological polar surface area (TPSA) is 48.9 Å². The van der Waals surface area contributed by atoms with Crippen molar-refractivity contribution in [1.29, 1.82) is 0 Å². The zero-order chi connectivity index (χ0) is 15.8. The summed E-state index contributed by atoms with van der Waals surface area (Å²) in [6, 6.07) is 10.8. The van der Waals surface area contributed by atoms with Crippen LogP contribution in [0.15, 0.2) is 35.3 Å². The van der Waals surface area contributed by atoms with Gasteiger partial charge in [0.15, 0.2) is 5.96 Å². The Morgan fingerprint density at radius 2 is 2.04 bits per heavy atom. The van der Waals surface area contributed by atoms with Crippen LogP contribution in [0.25, 0.3) is 0 Å². The molecule has 23 heavy (non-hydrogen) atoms. The van der Waals surface area contributed by atoms with Crippen LogP contribution in [-0.2, 0) is 4.74 Å². The summed E-state index contributed by atoms with van der Waals surface area (Å²) in [6.45, 7) is 2.51. The van der Waals surface area contributed by atoms with Crippen LogP contribution < -0.4 is 10.6 Å². The lowest BCUT2D eigenvalue weighted by Crippen LogP contribution is -2.44. The van der Waals surface area contributed by atoms with Gasteiger partial charge in [-0.25, -0.2) is 0 Å². The summed E-state index contributed by atoms with van der Waals surface area (Å²) in [5.41, 5.74) is 1.30. The summed E-state index contributed by atoms with van der Waals surface area (Å²) in [5.74, 6) is 0.832. The monoisotopic (exact) mass is 432 g/mol. The lowest BCUT2D eigenvalue weighted by atomic mass is 10.1. The van der Waals surface area contributed by atoms with Gasteiger partial charge in [0, 0.05) is 26.7 Å². The Balaban J connectivity index is 0.00000264. The third-order valence-corrected chi connectivity index (χ3v) is 4.02. The smallest absolute Gasteiger partial charge is 0.191 e. The molecule has 0 saturated carbocycles. The van der Waals surface area contributed by atoms with Crippen molar-refractivity contribution in [1.82, 2.24) is 15.5 Å². The summed E-state index contributed by atoms with van der Waals surface area (Å²) < 4.78 is 5.63. The van der Waals surface area contributed by atoms with Crippen molar-refractivity contribution in [3.05, 3.63) is 35.9 Å². The maximum atomic E-state index is 5.63. The van der Waals surface area contributed by atoms with Crippen LogP contribution in [0.2, 0.25) is 0 Å². The molecule has 1 aliphatic rings. The highest BCUT2D eigenvalue weighted by Crippen LogP contribution is 2.16. The molecule has 0 aliphatic carbocycles. The van der Waals surface area contributed by atoms with Gasteiger partial charge < -0.3 is 20.3 Å². The van der Waals surface area contributed by atoms with Gasteiger partial charge in [-0.05, 0) is 32.5 Å². The standard InChI is InChI=1S/C17H28N4O.HI/c1-18-17(19-12-15-10-7-11-22-15)20-13-16(21(2)3)14-8-5-4-6-9-14;/h4-6,8-9,15-16H,7,10-13H2,1-3H3,(H2,18,19,20);1H. The largest absolute Gasteiger partial charge is 0.376 e. The Hall–Kier alpha value is -0.860. The first kappa shape index (κ1) is 20.2. The molecule has 2 N–H and O–H groups in total. The highest BCUT2D eigenvalue weighted by Gasteiger charge is 2.17. The van der Waals surface area contributed by atoms with Gasteiger partial charge in [-0.15, -0.1) is 24.0 Å². The summed E-state index contributed by atoms with van der Waals surface area (Å²) >= 11 is 0. The number of ether oxygens (including phenoxy) is 1. The molecular weight excluding hydrogens is 403 g/mol. The summed E-state index contributed by atoms with van der Waals surface area (Å²) in [5, 5.41) is 6.77. The maximum Gasteiger partial charge on any atom is 0.191 e. The predicted octanol–water partition coefficient (Wildman–Crippen LogP) is 2.25. The Kier molecular flexibility index (Phi) is 9.50. The van der Waals surface area contributed by atoms with E-state index in [4.69, 9.17) is 4.74 Å². The molecule has 1 heterocycles. The van der Waals surface area contributed by atoms with E-state index in [1.807, 2.05) is 6.07 Å². The number of guanidine groups is 1. The van der Waals surface area contributed by atoms with Crippen LogP contribution in [0, 0.1) is 0 Å². The molecular formula is C17H29IN4O. The van der Waals surface area contributed by atoms with E-state index in [1.54, 1.807) is 7.05 Å². The fourth-order valence-corrected chi connectivity index (χ4v) is 2.70. The third kappa shape index (κ3) is 6.64. The predicted molar refractivity (Wildman–Crippen MR) is 107 cm³/mol. The number of rotatable bonds is 6. The van der Waals surface area contributed by atoms with Gasteiger partial charge in [-0.2, -0.15) is 0 Å². The summed E-state index contributed by atoms with van der Waals surface area (Å²) in [6.07, 6.45) is 2.61. The Labute approximate surface area is 156 Å². The van der Waals surface area contributed by atoms with E-state index < -0.39 is 0 Å². The van der Waals surface area contributed by atoms with Gasteiger partial charge in [0.05, 0.1) is 12.1 Å². The van der Waals surface area contributed by atoms with Crippen LogP contribution in [0.1, 0.15) is 24.4 Å². The normalized spacial score (nSPS) is 19.3. The number of nitrogens with zero attached hydrogens (tertiary/aromatic N) is 2. The number of likely N-dealkylation sites (N-methyl/N-ethyl adjacent to an activating group) is 1. The molecule has 5 nitrogen and oxygen atoms in total.